The van der Waals surface area contributed by atoms with Gasteiger partial charge in [0, 0.05) is 44.6 Å². The number of aromatic nitrogens is 2. The van der Waals surface area contributed by atoms with Gasteiger partial charge in [0.25, 0.3) is 0 Å². The van der Waals surface area contributed by atoms with Gasteiger partial charge in [-0.2, -0.15) is 5.10 Å². The minimum Gasteiger partial charge on any atom is -0.336 e. The zero-order valence-corrected chi connectivity index (χ0v) is 16.3. The zero-order valence-electron chi connectivity index (χ0n) is 15.5. The van der Waals surface area contributed by atoms with Gasteiger partial charge in [0.05, 0.1) is 11.9 Å². The van der Waals surface area contributed by atoms with E-state index >= 15 is 0 Å². The fourth-order valence-electron chi connectivity index (χ4n) is 3.85. The van der Waals surface area contributed by atoms with Crippen LogP contribution in [0.3, 0.4) is 0 Å². The molecule has 1 aliphatic carbocycles. The summed E-state index contributed by atoms with van der Waals surface area (Å²) in [6.07, 6.45) is 8.12. The summed E-state index contributed by atoms with van der Waals surface area (Å²) in [7, 11) is 1.98. The molecule has 0 atom stereocenters. The van der Waals surface area contributed by atoms with E-state index in [1.165, 1.54) is 49.2 Å². The predicted molar refractivity (Wildman–Crippen MR) is 106 cm³/mol. The molecule has 0 N–H and O–H groups in total. The molecule has 5 heteroatoms. The van der Waals surface area contributed by atoms with Crippen molar-refractivity contribution in [1.82, 2.24) is 14.7 Å². The molecular weight excluding hydrogens is 332 g/mol. The number of hydrogen-bond donors (Lipinski definition) is 0. The van der Waals surface area contributed by atoms with Crippen molar-refractivity contribution in [2.24, 2.45) is 13.0 Å². The molecule has 1 fully saturated rings. The van der Waals surface area contributed by atoms with Crippen molar-refractivity contribution in [2.45, 2.75) is 45.7 Å². The average molecular weight is 361 g/mol. The van der Waals surface area contributed by atoms with E-state index in [9.17, 15) is 0 Å². The van der Waals surface area contributed by atoms with Crippen LogP contribution in [-0.4, -0.2) is 33.8 Å². The fraction of sp³-hybridized carbons (Fsp3) is 0.550. The summed E-state index contributed by atoms with van der Waals surface area (Å²) < 4.78 is 1.88. The van der Waals surface area contributed by atoms with Crippen LogP contribution in [0.1, 0.15) is 37.8 Å². The van der Waals surface area contributed by atoms with Crippen molar-refractivity contribution in [3.05, 3.63) is 41.7 Å². The van der Waals surface area contributed by atoms with Crippen molar-refractivity contribution in [1.29, 1.82) is 0 Å². The lowest BCUT2D eigenvalue weighted by Gasteiger charge is -2.32. The summed E-state index contributed by atoms with van der Waals surface area (Å²) >= 11 is 0. The Labute approximate surface area is 157 Å². The van der Waals surface area contributed by atoms with E-state index in [1.54, 1.807) is 0 Å². The second-order valence-electron chi connectivity index (χ2n) is 7.72. The average Bonchev–Trinajstić information content (AvgIpc) is 3.26. The van der Waals surface area contributed by atoms with E-state index in [0.717, 1.165) is 18.2 Å². The van der Waals surface area contributed by atoms with Crippen LogP contribution in [0, 0.1) is 5.92 Å². The number of rotatable bonds is 5. The van der Waals surface area contributed by atoms with E-state index < -0.39 is 0 Å². The zero-order chi connectivity index (χ0) is 16.7. The maximum absolute atomic E-state index is 4.35. The summed E-state index contributed by atoms with van der Waals surface area (Å²) in [6, 6.07) is 7.42. The van der Waals surface area contributed by atoms with Gasteiger partial charge in [0.2, 0.25) is 0 Å². The van der Waals surface area contributed by atoms with Gasteiger partial charge in [-0.1, -0.05) is 6.07 Å². The number of halogens is 1. The predicted octanol–water partition coefficient (Wildman–Crippen LogP) is 4.16. The number of benzene rings is 1. The van der Waals surface area contributed by atoms with Crippen LogP contribution in [0.5, 0.6) is 0 Å². The summed E-state index contributed by atoms with van der Waals surface area (Å²) in [5.74, 6) is 0.970. The van der Waals surface area contributed by atoms with Gasteiger partial charge in [0.1, 0.15) is 0 Å². The molecule has 0 bridgehead atoms. The lowest BCUT2D eigenvalue weighted by molar-refractivity contribution is 0.244. The number of fused-ring (bicyclic) bond motifs is 1. The Morgan fingerprint density at radius 3 is 2.64 bits per heavy atom. The summed E-state index contributed by atoms with van der Waals surface area (Å²) in [5, 5.41) is 4.35. The fourth-order valence-corrected chi connectivity index (χ4v) is 3.85. The van der Waals surface area contributed by atoms with E-state index in [-0.39, 0.29) is 12.4 Å². The summed E-state index contributed by atoms with van der Waals surface area (Å²) in [4.78, 5) is 5.03. The third-order valence-electron chi connectivity index (χ3n) is 5.26. The molecule has 2 heterocycles. The van der Waals surface area contributed by atoms with E-state index in [4.69, 9.17) is 0 Å². The largest absolute Gasteiger partial charge is 0.336 e. The third-order valence-corrected chi connectivity index (χ3v) is 5.26. The minimum atomic E-state index is 0. The second-order valence-corrected chi connectivity index (χ2v) is 7.72. The summed E-state index contributed by atoms with van der Waals surface area (Å²) in [6.45, 7) is 8.11. The van der Waals surface area contributed by atoms with E-state index in [1.807, 2.05) is 17.9 Å². The van der Waals surface area contributed by atoms with Crippen LogP contribution in [0.2, 0.25) is 0 Å². The maximum Gasteiger partial charge on any atom is 0.0799 e. The number of aryl methyl sites for hydroxylation is 1. The molecule has 2 aromatic rings. The van der Waals surface area contributed by atoms with E-state index in [2.05, 4.69) is 53.1 Å². The standard InChI is InChI=1S/C20H28N4.ClH/c1-15(2)24(20-11-21-22(3)14-20)19-7-6-17-8-9-23(12-16-4-5-16)13-18(17)10-19;/h6-7,10-11,14-16H,4-5,8-9,12-13H2,1-3H3;1H. The molecule has 0 saturated heterocycles. The van der Waals surface area contributed by atoms with Gasteiger partial charge >= 0.3 is 0 Å². The Kier molecular flexibility index (Phi) is 5.40. The highest BCUT2D eigenvalue weighted by atomic mass is 35.5. The number of hydrogen-bond acceptors (Lipinski definition) is 3. The first-order valence-electron chi connectivity index (χ1n) is 9.22. The van der Waals surface area contributed by atoms with E-state index in [0.29, 0.717) is 6.04 Å². The quantitative estimate of drug-likeness (QED) is 0.800. The van der Waals surface area contributed by atoms with Gasteiger partial charge in [-0.3, -0.25) is 9.58 Å². The molecule has 0 unspecified atom stereocenters. The monoisotopic (exact) mass is 360 g/mol. The molecule has 0 spiro atoms. The molecule has 25 heavy (non-hydrogen) atoms. The first-order chi connectivity index (χ1) is 11.6. The Bertz CT molecular complexity index is 720. The Morgan fingerprint density at radius 2 is 2.00 bits per heavy atom. The highest BCUT2D eigenvalue weighted by Crippen LogP contribution is 2.34. The van der Waals surface area contributed by atoms with Crippen molar-refractivity contribution in [3.63, 3.8) is 0 Å². The van der Waals surface area contributed by atoms with Crippen LogP contribution < -0.4 is 4.90 Å². The lowest BCUT2D eigenvalue weighted by Crippen LogP contribution is -2.32. The Morgan fingerprint density at radius 1 is 1.20 bits per heavy atom. The molecule has 4 nitrogen and oxygen atoms in total. The van der Waals surface area contributed by atoms with Crippen molar-refractivity contribution >= 4 is 23.8 Å². The molecular formula is C20H29ClN4. The molecule has 4 rings (SSSR count). The van der Waals surface area contributed by atoms with Crippen LogP contribution in [0.25, 0.3) is 0 Å². The SMILES string of the molecule is CC(C)N(c1ccc2c(c1)CN(CC1CC1)CC2)c1cnn(C)c1.Cl. The summed E-state index contributed by atoms with van der Waals surface area (Å²) in [5.41, 5.74) is 5.48. The molecule has 2 aliphatic rings. The highest BCUT2D eigenvalue weighted by molar-refractivity contribution is 5.85. The third kappa shape index (κ3) is 4.01. The van der Waals surface area contributed by atoms with Crippen LogP contribution in [0.4, 0.5) is 11.4 Å². The molecule has 1 aromatic carbocycles. The van der Waals surface area contributed by atoms with Gasteiger partial charge in [-0.15, -0.1) is 12.4 Å². The first kappa shape index (κ1) is 18.3. The Balaban J connectivity index is 0.00000182. The maximum atomic E-state index is 4.35. The van der Waals surface area contributed by atoms with Gasteiger partial charge in [-0.05, 0) is 62.3 Å². The van der Waals surface area contributed by atoms with Gasteiger partial charge < -0.3 is 4.90 Å². The molecule has 1 saturated carbocycles. The van der Waals surface area contributed by atoms with Gasteiger partial charge in [-0.25, -0.2) is 0 Å². The van der Waals surface area contributed by atoms with Crippen LogP contribution >= 0.6 is 12.4 Å². The van der Waals surface area contributed by atoms with Crippen molar-refractivity contribution < 1.29 is 0 Å². The number of nitrogens with zero attached hydrogens (tertiary/aromatic N) is 4. The number of anilines is 2. The highest BCUT2D eigenvalue weighted by Gasteiger charge is 2.26. The smallest absolute Gasteiger partial charge is 0.0799 e. The lowest BCUT2D eigenvalue weighted by atomic mass is 9.98. The molecule has 0 radical (unpaired) electrons. The van der Waals surface area contributed by atoms with Crippen LogP contribution in [-0.2, 0) is 20.0 Å². The molecule has 0 amide bonds. The second kappa shape index (κ2) is 7.38. The van der Waals surface area contributed by atoms with Crippen LogP contribution in [0.15, 0.2) is 30.6 Å². The molecule has 1 aromatic heterocycles. The Hall–Kier alpha value is -1.52. The van der Waals surface area contributed by atoms with Gasteiger partial charge in [0.15, 0.2) is 0 Å². The van der Waals surface area contributed by atoms with Crippen molar-refractivity contribution in [3.8, 4) is 0 Å². The minimum absolute atomic E-state index is 0. The topological polar surface area (TPSA) is 24.3 Å². The molecule has 136 valence electrons. The van der Waals surface area contributed by atoms with Crippen molar-refractivity contribution in [2.75, 3.05) is 18.0 Å². The normalized spacial score (nSPS) is 17.3. The first-order valence-corrected chi connectivity index (χ1v) is 9.22. The molecule has 1 aliphatic heterocycles.